The summed E-state index contributed by atoms with van der Waals surface area (Å²) in [5, 5.41) is 6.07. The lowest BCUT2D eigenvalue weighted by Crippen LogP contribution is -2.49. The van der Waals surface area contributed by atoms with Crippen LogP contribution in [0, 0.1) is 11.8 Å². The SMILES string of the molecule is Cl.O=C(NCC1CNC1)C1CCN(c2cccc(Br)c2)C1=O. The molecule has 0 bridgehead atoms. The summed E-state index contributed by atoms with van der Waals surface area (Å²) >= 11 is 3.41. The number of hydrogen-bond donors (Lipinski definition) is 2. The molecule has 1 unspecified atom stereocenters. The third-order valence-corrected chi connectivity index (χ3v) is 4.57. The zero-order valence-electron chi connectivity index (χ0n) is 12.0. The van der Waals surface area contributed by atoms with E-state index in [4.69, 9.17) is 0 Å². The van der Waals surface area contributed by atoms with Gasteiger partial charge < -0.3 is 15.5 Å². The quantitative estimate of drug-likeness (QED) is 0.770. The van der Waals surface area contributed by atoms with E-state index in [2.05, 4.69) is 26.6 Å². The van der Waals surface area contributed by atoms with Gasteiger partial charge in [-0.2, -0.15) is 0 Å². The van der Waals surface area contributed by atoms with Crippen LogP contribution in [0.2, 0.25) is 0 Å². The van der Waals surface area contributed by atoms with Gasteiger partial charge in [-0.25, -0.2) is 0 Å². The van der Waals surface area contributed by atoms with Gasteiger partial charge in [0, 0.05) is 42.3 Å². The third kappa shape index (κ3) is 3.62. The van der Waals surface area contributed by atoms with Crippen molar-refractivity contribution < 1.29 is 9.59 Å². The van der Waals surface area contributed by atoms with Crippen LogP contribution < -0.4 is 15.5 Å². The van der Waals surface area contributed by atoms with Gasteiger partial charge in [0.15, 0.2) is 0 Å². The van der Waals surface area contributed by atoms with E-state index in [1.165, 1.54) is 0 Å². The summed E-state index contributed by atoms with van der Waals surface area (Å²) in [4.78, 5) is 26.3. The molecule has 2 saturated heterocycles. The molecule has 22 heavy (non-hydrogen) atoms. The van der Waals surface area contributed by atoms with Gasteiger partial charge in [0.25, 0.3) is 0 Å². The smallest absolute Gasteiger partial charge is 0.239 e. The van der Waals surface area contributed by atoms with E-state index in [1.54, 1.807) is 4.90 Å². The summed E-state index contributed by atoms with van der Waals surface area (Å²) in [5.41, 5.74) is 0.841. The predicted molar refractivity (Wildman–Crippen MR) is 91.2 cm³/mol. The number of nitrogens with zero attached hydrogens (tertiary/aromatic N) is 1. The molecular weight excluding hydrogens is 370 g/mol. The number of hydrogen-bond acceptors (Lipinski definition) is 3. The molecule has 0 aromatic heterocycles. The largest absolute Gasteiger partial charge is 0.355 e. The van der Waals surface area contributed by atoms with Gasteiger partial charge in [0.05, 0.1) is 0 Å². The molecule has 7 heteroatoms. The van der Waals surface area contributed by atoms with Gasteiger partial charge >= 0.3 is 0 Å². The minimum atomic E-state index is -0.544. The molecule has 2 fully saturated rings. The summed E-state index contributed by atoms with van der Waals surface area (Å²) in [6.07, 6.45) is 0.583. The van der Waals surface area contributed by atoms with Crippen molar-refractivity contribution in [2.45, 2.75) is 6.42 Å². The molecule has 0 radical (unpaired) electrons. The van der Waals surface area contributed by atoms with Crippen molar-refractivity contribution >= 4 is 45.8 Å². The average Bonchev–Trinajstić information content (AvgIpc) is 2.78. The number of halogens is 2. The van der Waals surface area contributed by atoms with E-state index in [0.29, 0.717) is 25.4 Å². The number of anilines is 1. The van der Waals surface area contributed by atoms with Gasteiger partial charge in [-0.15, -0.1) is 12.4 Å². The molecule has 2 heterocycles. The Kier molecular flexibility index (Phi) is 5.83. The topological polar surface area (TPSA) is 61.4 Å². The van der Waals surface area contributed by atoms with Crippen molar-refractivity contribution in [2.24, 2.45) is 11.8 Å². The molecule has 3 rings (SSSR count). The van der Waals surface area contributed by atoms with Gasteiger partial charge in [-0.05, 0) is 24.6 Å². The molecule has 5 nitrogen and oxygen atoms in total. The molecule has 0 aliphatic carbocycles. The van der Waals surface area contributed by atoms with Gasteiger partial charge in [0.2, 0.25) is 11.8 Å². The maximum absolute atomic E-state index is 12.4. The Morgan fingerprint density at radius 1 is 1.41 bits per heavy atom. The Balaban J connectivity index is 0.00000176. The molecule has 0 spiro atoms. The number of nitrogens with one attached hydrogen (secondary N) is 2. The number of amides is 2. The monoisotopic (exact) mass is 387 g/mol. The average molecular weight is 389 g/mol. The van der Waals surface area contributed by atoms with Crippen molar-refractivity contribution in [3.63, 3.8) is 0 Å². The first-order chi connectivity index (χ1) is 10.1. The Bertz CT molecular complexity index is 565. The van der Waals surface area contributed by atoms with Crippen molar-refractivity contribution in [3.05, 3.63) is 28.7 Å². The Labute approximate surface area is 144 Å². The van der Waals surface area contributed by atoms with E-state index in [-0.39, 0.29) is 24.2 Å². The molecule has 120 valence electrons. The zero-order valence-corrected chi connectivity index (χ0v) is 14.5. The highest BCUT2D eigenvalue weighted by Gasteiger charge is 2.37. The fourth-order valence-corrected chi connectivity index (χ4v) is 3.07. The lowest BCUT2D eigenvalue weighted by atomic mass is 10.0. The van der Waals surface area contributed by atoms with Gasteiger partial charge in [-0.1, -0.05) is 22.0 Å². The van der Waals surface area contributed by atoms with E-state index in [1.807, 2.05) is 24.3 Å². The van der Waals surface area contributed by atoms with Crippen molar-refractivity contribution in [1.29, 1.82) is 0 Å². The molecule has 2 aliphatic rings. The van der Waals surface area contributed by atoms with Crippen LogP contribution in [0.4, 0.5) is 5.69 Å². The summed E-state index contributed by atoms with van der Waals surface area (Å²) in [6.45, 7) is 3.15. The van der Waals surface area contributed by atoms with E-state index < -0.39 is 5.92 Å². The molecule has 1 aromatic rings. The minimum absolute atomic E-state index is 0. The highest BCUT2D eigenvalue weighted by Crippen LogP contribution is 2.27. The van der Waals surface area contributed by atoms with Crippen molar-refractivity contribution in [1.82, 2.24) is 10.6 Å². The normalized spacial score (nSPS) is 21.2. The van der Waals surface area contributed by atoms with E-state index >= 15 is 0 Å². The molecular formula is C15H19BrClN3O2. The first-order valence-electron chi connectivity index (χ1n) is 7.20. The lowest BCUT2D eigenvalue weighted by Gasteiger charge is -2.27. The maximum Gasteiger partial charge on any atom is 0.239 e. The second kappa shape index (κ2) is 7.44. The summed E-state index contributed by atoms with van der Waals surface area (Å²) in [7, 11) is 0. The Hall–Kier alpha value is -1.11. The van der Waals surface area contributed by atoms with Crippen LogP contribution >= 0.6 is 28.3 Å². The second-order valence-corrected chi connectivity index (χ2v) is 6.50. The van der Waals surface area contributed by atoms with Crippen LogP contribution in [0.1, 0.15) is 6.42 Å². The van der Waals surface area contributed by atoms with Crippen molar-refractivity contribution in [3.8, 4) is 0 Å². The lowest BCUT2D eigenvalue weighted by molar-refractivity contribution is -0.132. The molecule has 2 amide bonds. The number of carbonyl (C=O) groups is 2. The van der Waals surface area contributed by atoms with Gasteiger partial charge in [0.1, 0.15) is 5.92 Å². The predicted octanol–water partition coefficient (Wildman–Crippen LogP) is 1.56. The van der Waals surface area contributed by atoms with Crippen LogP contribution in [0.25, 0.3) is 0 Å². The first kappa shape index (κ1) is 17.2. The fourth-order valence-electron chi connectivity index (χ4n) is 2.68. The van der Waals surface area contributed by atoms with Crippen LogP contribution in [-0.2, 0) is 9.59 Å². The number of benzene rings is 1. The Morgan fingerprint density at radius 2 is 2.18 bits per heavy atom. The maximum atomic E-state index is 12.4. The second-order valence-electron chi connectivity index (χ2n) is 5.58. The standard InChI is InChI=1S/C15H18BrN3O2.ClH/c16-11-2-1-3-12(6-11)19-5-4-13(15(19)21)14(20)18-9-10-7-17-8-10;/h1-3,6,10,13,17H,4-5,7-9H2,(H,18,20);1H. The van der Waals surface area contributed by atoms with Crippen LogP contribution in [-0.4, -0.2) is 38.0 Å². The third-order valence-electron chi connectivity index (χ3n) is 4.07. The summed E-state index contributed by atoms with van der Waals surface area (Å²) < 4.78 is 0.929. The minimum Gasteiger partial charge on any atom is -0.355 e. The van der Waals surface area contributed by atoms with Crippen molar-refractivity contribution in [2.75, 3.05) is 31.1 Å². The molecule has 2 N–H and O–H groups in total. The zero-order chi connectivity index (χ0) is 14.8. The highest BCUT2D eigenvalue weighted by molar-refractivity contribution is 9.10. The number of carbonyl (C=O) groups excluding carboxylic acids is 2. The summed E-state index contributed by atoms with van der Waals surface area (Å²) in [6, 6.07) is 7.60. The summed E-state index contributed by atoms with van der Waals surface area (Å²) in [5.74, 6) is -0.273. The van der Waals surface area contributed by atoms with Crippen LogP contribution in [0.5, 0.6) is 0 Å². The van der Waals surface area contributed by atoms with E-state index in [9.17, 15) is 9.59 Å². The van der Waals surface area contributed by atoms with Gasteiger partial charge in [-0.3, -0.25) is 9.59 Å². The fraction of sp³-hybridized carbons (Fsp3) is 0.467. The molecule has 2 aliphatic heterocycles. The van der Waals surface area contributed by atoms with E-state index in [0.717, 1.165) is 23.2 Å². The molecule has 1 aromatic carbocycles. The molecule has 1 atom stereocenters. The Morgan fingerprint density at radius 3 is 2.82 bits per heavy atom. The van der Waals surface area contributed by atoms with Crippen LogP contribution in [0.3, 0.4) is 0 Å². The molecule has 0 saturated carbocycles. The first-order valence-corrected chi connectivity index (χ1v) is 8.00. The number of rotatable bonds is 4. The van der Waals surface area contributed by atoms with Crippen LogP contribution in [0.15, 0.2) is 28.7 Å². The highest BCUT2D eigenvalue weighted by atomic mass is 79.9.